The van der Waals surface area contributed by atoms with Gasteiger partial charge in [-0.15, -0.1) is 0 Å². The molecule has 0 aromatic heterocycles. The van der Waals surface area contributed by atoms with E-state index in [4.69, 9.17) is 22.1 Å². The van der Waals surface area contributed by atoms with Crippen LogP contribution in [0.25, 0.3) is 0 Å². The summed E-state index contributed by atoms with van der Waals surface area (Å²) in [5.41, 5.74) is 8.00. The van der Waals surface area contributed by atoms with Gasteiger partial charge in [0.25, 0.3) is 0 Å². The average molecular weight is 282 g/mol. The van der Waals surface area contributed by atoms with Crippen molar-refractivity contribution in [2.45, 2.75) is 39.3 Å². The number of hydrogen-bond donors (Lipinski definition) is 2. The van der Waals surface area contributed by atoms with Crippen LogP contribution in [0.2, 0.25) is 5.02 Å². The van der Waals surface area contributed by atoms with Crippen molar-refractivity contribution in [3.63, 3.8) is 0 Å². The monoisotopic (exact) mass is 281 g/mol. The van der Waals surface area contributed by atoms with Crippen LogP contribution >= 0.6 is 11.6 Å². The van der Waals surface area contributed by atoms with Crippen LogP contribution in [0, 0.1) is 0 Å². The lowest BCUT2D eigenvalue weighted by Crippen LogP contribution is -2.38. The Labute approximate surface area is 119 Å². The smallest absolute Gasteiger partial charge is 0.189 e. The summed E-state index contributed by atoms with van der Waals surface area (Å²) >= 11 is 6.10. The number of ether oxygens (including phenoxy) is 1. The molecule has 0 aliphatic carbocycles. The van der Waals surface area contributed by atoms with Crippen LogP contribution in [0.5, 0.6) is 5.75 Å². The Balaban J connectivity index is 2.09. The number of fused-ring (bicyclic) bond motifs is 1. The molecule has 1 aliphatic heterocycles. The molecule has 0 saturated heterocycles. The summed E-state index contributed by atoms with van der Waals surface area (Å²) in [7, 11) is 0. The third-order valence-electron chi connectivity index (χ3n) is 3.25. The molecule has 1 aromatic rings. The molecule has 1 aliphatic rings. The van der Waals surface area contributed by atoms with Crippen LogP contribution in [-0.2, 0) is 13.0 Å². The number of nitrogens with zero attached hydrogens (tertiary/aromatic N) is 1. The maximum Gasteiger partial charge on any atom is 0.189 e. The Bertz CT molecular complexity index is 488. The molecule has 0 fully saturated rings. The minimum absolute atomic E-state index is 0.324. The predicted octanol–water partition coefficient (Wildman–Crippen LogP) is 2.48. The van der Waals surface area contributed by atoms with Crippen molar-refractivity contribution < 1.29 is 4.74 Å². The first-order chi connectivity index (χ1) is 9.10. The van der Waals surface area contributed by atoms with Crippen molar-refractivity contribution >= 4 is 17.6 Å². The summed E-state index contributed by atoms with van der Waals surface area (Å²) in [6, 6.07) is 4.17. The summed E-state index contributed by atoms with van der Waals surface area (Å²) in [5.74, 6) is 1.38. The summed E-state index contributed by atoms with van der Waals surface area (Å²) in [6.45, 7) is 5.37. The molecule has 1 aromatic carbocycles. The van der Waals surface area contributed by atoms with Crippen molar-refractivity contribution in [3.05, 3.63) is 28.3 Å². The van der Waals surface area contributed by atoms with E-state index >= 15 is 0 Å². The molecule has 1 heterocycles. The highest BCUT2D eigenvalue weighted by atomic mass is 35.5. The fraction of sp³-hybridized carbons (Fsp3) is 0.500. The van der Waals surface area contributed by atoms with E-state index in [-0.39, 0.29) is 0 Å². The van der Waals surface area contributed by atoms with E-state index in [0.717, 1.165) is 34.7 Å². The molecule has 2 rings (SSSR count). The number of guanidine groups is 1. The number of rotatable bonds is 4. The normalized spacial score (nSPS) is 15.8. The highest BCUT2D eigenvalue weighted by Crippen LogP contribution is 2.33. The number of hydrogen-bond acceptors (Lipinski definition) is 2. The van der Waals surface area contributed by atoms with Crippen LogP contribution in [0.4, 0.5) is 0 Å². The SMILES string of the molecule is CCC(C)NC(N)=NCc1cc(Cl)cc2c1OCC2. The molecular weight excluding hydrogens is 262 g/mol. The van der Waals surface area contributed by atoms with Gasteiger partial charge >= 0.3 is 0 Å². The first-order valence-electron chi connectivity index (χ1n) is 6.60. The Morgan fingerprint density at radius 3 is 3.11 bits per heavy atom. The third-order valence-corrected chi connectivity index (χ3v) is 3.47. The van der Waals surface area contributed by atoms with Gasteiger partial charge in [0.2, 0.25) is 0 Å². The maximum absolute atomic E-state index is 6.10. The molecule has 1 atom stereocenters. The zero-order valence-corrected chi connectivity index (χ0v) is 12.1. The molecule has 0 amide bonds. The lowest BCUT2D eigenvalue weighted by atomic mass is 10.1. The predicted molar refractivity (Wildman–Crippen MR) is 78.9 cm³/mol. The van der Waals surface area contributed by atoms with Gasteiger partial charge in [0.15, 0.2) is 5.96 Å². The lowest BCUT2D eigenvalue weighted by Gasteiger charge is -2.12. The zero-order valence-electron chi connectivity index (χ0n) is 11.4. The fourth-order valence-corrected chi connectivity index (χ4v) is 2.30. The van der Waals surface area contributed by atoms with E-state index < -0.39 is 0 Å². The number of nitrogens with two attached hydrogens (primary N) is 1. The van der Waals surface area contributed by atoms with E-state index in [1.54, 1.807) is 0 Å². The largest absolute Gasteiger partial charge is 0.493 e. The van der Waals surface area contributed by atoms with Gasteiger partial charge in [0.05, 0.1) is 13.2 Å². The molecule has 1 unspecified atom stereocenters. The Kier molecular flexibility index (Phi) is 4.53. The molecule has 104 valence electrons. The highest BCUT2D eigenvalue weighted by molar-refractivity contribution is 6.30. The number of benzene rings is 1. The first-order valence-corrected chi connectivity index (χ1v) is 6.98. The molecule has 0 radical (unpaired) electrons. The summed E-state index contributed by atoms with van der Waals surface area (Å²) in [5, 5.41) is 3.86. The van der Waals surface area contributed by atoms with Crippen LogP contribution < -0.4 is 15.8 Å². The Morgan fingerprint density at radius 2 is 2.37 bits per heavy atom. The van der Waals surface area contributed by atoms with E-state index in [2.05, 4.69) is 24.2 Å². The molecular formula is C14H20ClN3O. The lowest BCUT2D eigenvalue weighted by molar-refractivity contribution is 0.353. The maximum atomic E-state index is 6.10. The van der Waals surface area contributed by atoms with Gasteiger partial charge in [0, 0.05) is 23.0 Å². The summed E-state index contributed by atoms with van der Waals surface area (Å²) in [4.78, 5) is 4.35. The van der Waals surface area contributed by atoms with E-state index in [9.17, 15) is 0 Å². The summed E-state index contributed by atoms with van der Waals surface area (Å²) < 4.78 is 5.63. The van der Waals surface area contributed by atoms with Gasteiger partial charge in [-0.05, 0) is 31.0 Å². The van der Waals surface area contributed by atoms with Crippen molar-refractivity contribution in [2.24, 2.45) is 10.7 Å². The van der Waals surface area contributed by atoms with E-state index in [0.29, 0.717) is 25.2 Å². The fourth-order valence-electron chi connectivity index (χ4n) is 2.03. The topological polar surface area (TPSA) is 59.6 Å². The zero-order chi connectivity index (χ0) is 13.8. The van der Waals surface area contributed by atoms with E-state index in [1.165, 1.54) is 0 Å². The second-order valence-corrected chi connectivity index (χ2v) is 5.24. The van der Waals surface area contributed by atoms with Crippen LogP contribution in [0.1, 0.15) is 31.4 Å². The molecule has 0 bridgehead atoms. The van der Waals surface area contributed by atoms with Gasteiger partial charge in [-0.25, -0.2) is 4.99 Å². The minimum atomic E-state index is 0.324. The van der Waals surface area contributed by atoms with Crippen LogP contribution in [-0.4, -0.2) is 18.6 Å². The second kappa shape index (κ2) is 6.15. The average Bonchev–Trinajstić information content (AvgIpc) is 2.83. The van der Waals surface area contributed by atoms with Crippen molar-refractivity contribution in [1.29, 1.82) is 0 Å². The molecule has 4 nitrogen and oxygen atoms in total. The van der Waals surface area contributed by atoms with Crippen LogP contribution in [0.3, 0.4) is 0 Å². The second-order valence-electron chi connectivity index (χ2n) is 4.81. The molecule has 0 spiro atoms. The van der Waals surface area contributed by atoms with Gasteiger partial charge in [-0.2, -0.15) is 0 Å². The van der Waals surface area contributed by atoms with E-state index in [1.807, 2.05) is 12.1 Å². The Morgan fingerprint density at radius 1 is 1.58 bits per heavy atom. The molecule has 3 N–H and O–H groups in total. The number of nitrogens with one attached hydrogen (secondary N) is 1. The molecule has 5 heteroatoms. The number of halogens is 1. The summed E-state index contributed by atoms with van der Waals surface area (Å²) in [6.07, 6.45) is 1.92. The minimum Gasteiger partial charge on any atom is -0.493 e. The number of aliphatic imine (C=N–C) groups is 1. The van der Waals surface area contributed by atoms with Gasteiger partial charge in [-0.1, -0.05) is 18.5 Å². The van der Waals surface area contributed by atoms with Crippen molar-refractivity contribution in [2.75, 3.05) is 6.61 Å². The third kappa shape index (κ3) is 3.53. The van der Waals surface area contributed by atoms with Crippen molar-refractivity contribution in [1.82, 2.24) is 5.32 Å². The first kappa shape index (κ1) is 14.0. The quantitative estimate of drug-likeness (QED) is 0.658. The molecule has 19 heavy (non-hydrogen) atoms. The highest BCUT2D eigenvalue weighted by Gasteiger charge is 2.17. The molecule has 0 saturated carbocycles. The van der Waals surface area contributed by atoms with Gasteiger partial charge in [-0.3, -0.25) is 0 Å². The van der Waals surface area contributed by atoms with Crippen LogP contribution in [0.15, 0.2) is 17.1 Å². The standard InChI is InChI=1S/C14H20ClN3O/c1-3-9(2)18-14(16)17-8-11-7-12(15)6-10-4-5-19-13(10)11/h6-7,9H,3-5,8H2,1-2H3,(H3,16,17,18). The van der Waals surface area contributed by atoms with Gasteiger partial charge in [0.1, 0.15) is 5.75 Å². The van der Waals surface area contributed by atoms with Gasteiger partial charge < -0.3 is 15.8 Å². The van der Waals surface area contributed by atoms with Crippen molar-refractivity contribution in [3.8, 4) is 5.75 Å². The Hall–Kier alpha value is -1.42.